The molecule has 0 radical (unpaired) electrons. The summed E-state index contributed by atoms with van der Waals surface area (Å²) in [6.07, 6.45) is -0.209. The summed E-state index contributed by atoms with van der Waals surface area (Å²) in [5, 5.41) is 43.9. The largest absolute Gasteiger partial charge is 0.508 e. The quantitative estimate of drug-likeness (QED) is 0.298. The molecule has 10 heteroatoms. The molecule has 3 atom stereocenters. The third-order valence-electron chi connectivity index (χ3n) is 7.63. The fourth-order valence-electron chi connectivity index (χ4n) is 5.92. The number of carbonyl (C=O) groups excluding carboxylic acids is 4. The van der Waals surface area contributed by atoms with Gasteiger partial charge in [-0.2, -0.15) is 0 Å². The zero-order valence-electron chi connectivity index (χ0n) is 20.4. The fraction of sp³-hybridized carbons (Fsp3) is 0.286. The maximum Gasteiger partial charge on any atom is 0.338 e. The van der Waals surface area contributed by atoms with E-state index in [9.17, 15) is 39.6 Å². The van der Waals surface area contributed by atoms with Gasteiger partial charge in [0.1, 0.15) is 22.8 Å². The van der Waals surface area contributed by atoms with Gasteiger partial charge in [-0.1, -0.05) is 18.2 Å². The van der Waals surface area contributed by atoms with Gasteiger partial charge in [-0.3, -0.25) is 14.4 Å². The first-order valence-corrected chi connectivity index (χ1v) is 12.1. The third kappa shape index (κ3) is 3.52. The summed E-state index contributed by atoms with van der Waals surface area (Å²) in [7, 11) is 0. The average molecular weight is 520 g/mol. The van der Waals surface area contributed by atoms with Crippen molar-refractivity contribution in [2.24, 2.45) is 17.6 Å². The molecule has 6 N–H and O–H groups in total. The lowest BCUT2D eigenvalue weighted by molar-refractivity contribution is -0.147. The Bertz CT molecular complexity index is 1500. The van der Waals surface area contributed by atoms with E-state index in [0.717, 1.165) is 0 Å². The van der Waals surface area contributed by atoms with E-state index in [1.54, 1.807) is 37.3 Å². The summed E-state index contributed by atoms with van der Waals surface area (Å²) >= 11 is 0. The molecule has 2 aromatic carbocycles. The molecule has 3 aliphatic rings. The normalized spacial score (nSPS) is 24.5. The molecule has 10 nitrogen and oxygen atoms in total. The third-order valence-corrected chi connectivity index (χ3v) is 7.63. The van der Waals surface area contributed by atoms with Crippen LogP contribution in [-0.2, 0) is 25.5 Å². The minimum atomic E-state index is -2.61. The molecule has 0 saturated heterocycles. The van der Waals surface area contributed by atoms with Crippen LogP contribution in [0.2, 0.25) is 0 Å². The number of hydrogen-bond donors (Lipinski definition) is 5. The second kappa shape index (κ2) is 8.84. The van der Waals surface area contributed by atoms with Crippen molar-refractivity contribution in [2.75, 3.05) is 6.61 Å². The zero-order valence-corrected chi connectivity index (χ0v) is 20.4. The van der Waals surface area contributed by atoms with Crippen molar-refractivity contribution in [2.45, 2.75) is 31.8 Å². The monoisotopic (exact) mass is 519 g/mol. The minimum absolute atomic E-state index is 0.0174. The summed E-state index contributed by atoms with van der Waals surface area (Å²) in [6, 6.07) is 9.63. The summed E-state index contributed by atoms with van der Waals surface area (Å²) in [6.45, 7) is 1.90. The number of ketones is 2. The van der Waals surface area contributed by atoms with Crippen molar-refractivity contribution < 1.29 is 44.3 Å². The first-order valence-electron chi connectivity index (χ1n) is 12.1. The van der Waals surface area contributed by atoms with Crippen LogP contribution in [0.25, 0.3) is 16.9 Å². The number of amides is 1. The molecule has 0 spiro atoms. The maximum atomic E-state index is 13.6. The number of aromatic hydroxyl groups is 1. The van der Waals surface area contributed by atoms with Crippen LogP contribution >= 0.6 is 0 Å². The van der Waals surface area contributed by atoms with Crippen molar-refractivity contribution in [3.63, 3.8) is 0 Å². The van der Waals surface area contributed by atoms with E-state index in [1.165, 1.54) is 6.07 Å². The van der Waals surface area contributed by atoms with Gasteiger partial charge in [0.25, 0.3) is 5.91 Å². The SMILES string of the molecule is CCOC(=O)c1cccc(-c2ccc(O)c3c2CC2CC4CC(=O)C(C(N)=O)=C(O)C4(O)C(=O)C2=C3O)c1. The van der Waals surface area contributed by atoms with Crippen molar-refractivity contribution in [1.82, 2.24) is 0 Å². The van der Waals surface area contributed by atoms with Gasteiger partial charge in [0.15, 0.2) is 11.4 Å². The number of esters is 1. The summed E-state index contributed by atoms with van der Waals surface area (Å²) in [5.41, 5.74) is 3.56. The number of primary amides is 1. The number of hydrogen-bond acceptors (Lipinski definition) is 9. The molecule has 1 fully saturated rings. The lowest BCUT2D eigenvalue weighted by atomic mass is 9.59. The van der Waals surface area contributed by atoms with Crippen LogP contribution < -0.4 is 5.73 Å². The number of benzene rings is 2. The number of nitrogens with two attached hydrogens (primary N) is 1. The number of phenolic OH excluding ortho intramolecular Hbond substituents is 1. The Balaban J connectivity index is 1.66. The molecule has 196 valence electrons. The van der Waals surface area contributed by atoms with E-state index >= 15 is 0 Å². The predicted molar refractivity (Wildman–Crippen MR) is 133 cm³/mol. The number of rotatable bonds is 4. The van der Waals surface area contributed by atoms with Gasteiger partial charge in [0.2, 0.25) is 5.78 Å². The van der Waals surface area contributed by atoms with Crippen LogP contribution in [0.4, 0.5) is 0 Å². The van der Waals surface area contributed by atoms with Gasteiger partial charge in [0, 0.05) is 17.9 Å². The van der Waals surface area contributed by atoms with Crippen molar-refractivity contribution >= 4 is 29.2 Å². The molecule has 0 aromatic heterocycles. The number of phenols is 1. The Labute approximate surface area is 216 Å². The highest BCUT2D eigenvalue weighted by molar-refractivity contribution is 6.22. The predicted octanol–water partition coefficient (Wildman–Crippen LogP) is 2.27. The molecule has 3 aliphatic carbocycles. The van der Waals surface area contributed by atoms with E-state index < -0.39 is 64.4 Å². The Hall–Kier alpha value is -4.44. The average Bonchev–Trinajstić information content (AvgIpc) is 2.86. The van der Waals surface area contributed by atoms with E-state index in [0.29, 0.717) is 22.3 Å². The van der Waals surface area contributed by atoms with Gasteiger partial charge in [-0.15, -0.1) is 0 Å². The van der Waals surface area contributed by atoms with Gasteiger partial charge >= 0.3 is 5.97 Å². The molecule has 1 amide bonds. The number of aliphatic hydroxyl groups is 3. The molecule has 1 saturated carbocycles. The number of aliphatic hydroxyl groups excluding tert-OH is 2. The number of fused-ring (bicyclic) bond motifs is 3. The van der Waals surface area contributed by atoms with Crippen LogP contribution in [0.3, 0.4) is 0 Å². The second-order valence-corrected chi connectivity index (χ2v) is 9.69. The van der Waals surface area contributed by atoms with Crippen molar-refractivity contribution in [3.05, 3.63) is 70.0 Å². The zero-order chi connectivity index (χ0) is 27.5. The van der Waals surface area contributed by atoms with Crippen LogP contribution in [-0.4, -0.2) is 56.1 Å². The maximum absolute atomic E-state index is 13.6. The Morgan fingerprint density at radius 2 is 1.84 bits per heavy atom. The molecule has 0 aliphatic heterocycles. The molecule has 38 heavy (non-hydrogen) atoms. The highest BCUT2D eigenvalue weighted by atomic mass is 16.5. The second-order valence-electron chi connectivity index (χ2n) is 9.69. The fourth-order valence-corrected chi connectivity index (χ4v) is 5.92. The standard InChI is InChI=1S/C28H25NO9/c1-2-38-27(36)13-5-3-4-12(8-13)16-6-7-18(30)21-17(16)10-14-9-15-11-19(31)22(26(29)35)25(34)28(15,37)24(33)20(14)23(21)32/h3-8,14-15,30,32,34,37H,2,9-11H2,1H3,(H2,29,35). The Kier molecular flexibility index (Phi) is 5.87. The first-order chi connectivity index (χ1) is 18.0. The van der Waals surface area contributed by atoms with Crippen LogP contribution in [0, 0.1) is 11.8 Å². The van der Waals surface area contributed by atoms with Crippen LogP contribution in [0.5, 0.6) is 5.75 Å². The molecular formula is C28H25NO9. The lowest BCUT2D eigenvalue weighted by Crippen LogP contribution is -2.58. The summed E-state index contributed by atoms with van der Waals surface area (Å²) < 4.78 is 5.08. The summed E-state index contributed by atoms with van der Waals surface area (Å²) in [4.78, 5) is 50.2. The van der Waals surface area contributed by atoms with Gasteiger partial charge in [-0.25, -0.2) is 4.79 Å². The Morgan fingerprint density at radius 3 is 2.53 bits per heavy atom. The minimum Gasteiger partial charge on any atom is -0.508 e. The van der Waals surface area contributed by atoms with Crippen molar-refractivity contribution in [3.8, 4) is 16.9 Å². The number of ether oxygens (including phenoxy) is 1. The van der Waals surface area contributed by atoms with Gasteiger partial charge in [-0.05, 0) is 60.6 Å². The Morgan fingerprint density at radius 1 is 1.11 bits per heavy atom. The van der Waals surface area contributed by atoms with Gasteiger partial charge in [0.05, 0.1) is 17.7 Å². The molecule has 2 aromatic rings. The van der Waals surface area contributed by atoms with Crippen LogP contribution in [0.15, 0.2) is 53.3 Å². The topological polar surface area (TPSA) is 184 Å². The highest BCUT2D eigenvalue weighted by Crippen LogP contribution is 2.53. The molecular weight excluding hydrogens is 494 g/mol. The van der Waals surface area contributed by atoms with E-state index in [1.807, 2.05) is 0 Å². The lowest BCUT2D eigenvalue weighted by Gasteiger charge is -2.46. The highest BCUT2D eigenvalue weighted by Gasteiger charge is 2.60. The van der Waals surface area contributed by atoms with E-state index in [2.05, 4.69) is 0 Å². The number of Topliss-reactive ketones (excluding diaryl/α,β-unsaturated/α-hetero) is 2. The van der Waals surface area contributed by atoms with E-state index in [4.69, 9.17) is 10.5 Å². The van der Waals surface area contributed by atoms with E-state index in [-0.39, 0.29) is 36.3 Å². The molecule has 5 rings (SSSR count). The smallest absolute Gasteiger partial charge is 0.338 e. The summed E-state index contributed by atoms with van der Waals surface area (Å²) in [5.74, 6) is -7.32. The number of carbonyl (C=O) groups is 4. The molecule has 0 heterocycles. The van der Waals surface area contributed by atoms with Crippen LogP contribution in [0.1, 0.15) is 41.3 Å². The first kappa shape index (κ1) is 25.2. The molecule has 0 bridgehead atoms. The van der Waals surface area contributed by atoms with Gasteiger partial charge < -0.3 is 30.9 Å². The van der Waals surface area contributed by atoms with Crippen molar-refractivity contribution in [1.29, 1.82) is 0 Å². The molecule has 3 unspecified atom stereocenters.